The van der Waals surface area contributed by atoms with Crippen LogP contribution in [0.5, 0.6) is 0 Å². The summed E-state index contributed by atoms with van der Waals surface area (Å²) in [6.07, 6.45) is 6.37. The molecule has 6 heteroatoms. The number of hydrogen-bond donors (Lipinski definition) is 1. The lowest BCUT2D eigenvalue weighted by atomic mass is 9.97. The maximum atomic E-state index is 12.1. The molecule has 0 aliphatic carbocycles. The predicted octanol–water partition coefficient (Wildman–Crippen LogP) is 1.31. The molecular formula is C20H26N4O2. The van der Waals surface area contributed by atoms with E-state index in [0.717, 1.165) is 38.9 Å². The summed E-state index contributed by atoms with van der Waals surface area (Å²) in [5.41, 5.74) is 0.970. The SMILES string of the molecule is O=C(Cn1cccnc1=O)NCC1CCCN(CCc2ccccc2)C1. The standard InChI is InChI=1S/C20H26N4O2/c25-19(16-24-12-5-10-21-20(24)26)22-14-18-8-4-11-23(15-18)13-9-17-6-2-1-3-7-17/h1-3,5-7,10,12,18H,4,8-9,11,13-16H2,(H,22,25). The van der Waals surface area contributed by atoms with Crippen molar-refractivity contribution in [1.82, 2.24) is 19.8 Å². The molecule has 3 rings (SSSR count). The molecule has 1 unspecified atom stereocenters. The van der Waals surface area contributed by atoms with Crippen LogP contribution in [0.1, 0.15) is 18.4 Å². The number of nitrogens with zero attached hydrogens (tertiary/aromatic N) is 3. The van der Waals surface area contributed by atoms with Gasteiger partial charge in [0.25, 0.3) is 0 Å². The number of amides is 1. The van der Waals surface area contributed by atoms with E-state index in [9.17, 15) is 9.59 Å². The topological polar surface area (TPSA) is 67.2 Å². The van der Waals surface area contributed by atoms with E-state index in [1.165, 1.54) is 16.3 Å². The molecule has 2 heterocycles. The highest BCUT2D eigenvalue weighted by atomic mass is 16.2. The molecular weight excluding hydrogens is 328 g/mol. The highest BCUT2D eigenvalue weighted by Gasteiger charge is 2.20. The zero-order valence-corrected chi connectivity index (χ0v) is 15.0. The first-order valence-corrected chi connectivity index (χ1v) is 9.25. The van der Waals surface area contributed by atoms with Gasteiger partial charge in [-0.05, 0) is 43.4 Å². The number of rotatable bonds is 7. The second-order valence-corrected chi connectivity index (χ2v) is 6.88. The summed E-state index contributed by atoms with van der Waals surface area (Å²) in [6.45, 7) is 3.88. The summed E-state index contributed by atoms with van der Waals surface area (Å²) in [5, 5.41) is 2.97. The van der Waals surface area contributed by atoms with Gasteiger partial charge in [0.2, 0.25) is 5.91 Å². The molecule has 1 atom stereocenters. The molecule has 138 valence electrons. The fourth-order valence-corrected chi connectivity index (χ4v) is 3.43. The van der Waals surface area contributed by atoms with Crippen LogP contribution < -0.4 is 11.0 Å². The highest BCUT2D eigenvalue weighted by molar-refractivity contribution is 5.75. The van der Waals surface area contributed by atoms with Crippen molar-refractivity contribution in [3.8, 4) is 0 Å². The van der Waals surface area contributed by atoms with Gasteiger partial charge in [-0.15, -0.1) is 0 Å². The zero-order chi connectivity index (χ0) is 18.2. The van der Waals surface area contributed by atoms with E-state index < -0.39 is 5.69 Å². The molecule has 26 heavy (non-hydrogen) atoms. The molecule has 1 aromatic heterocycles. The molecule has 2 aromatic rings. The minimum atomic E-state index is -0.396. The molecule has 1 saturated heterocycles. The second kappa shape index (κ2) is 9.29. The lowest BCUT2D eigenvalue weighted by molar-refractivity contribution is -0.122. The Morgan fingerprint density at radius 3 is 2.88 bits per heavy atom. The molecule has 0 bridgehead atoms. The van der Waals surface area contributed by atoms with Crippen molar-refractivity contribution in [3.05, 3.63) is 64.8 Å². The Morgan fingerprint density at radius 2 is 2.08 bits per heavy atom. The highest BCUT2D eigenvalue weighted by Crippen LogP contribution is 2.16. The van der Waals surface area contributed by atoms with Crippen LogP contribution in [0, 0.1) is 5.92 Å². The number of piperidine rings is 1. The Kier molecular flexibility index (Phi) is 6.55. The first-order chi connectivity index (χ1) is 12.7. The van der Waals surface area contributed by atoms with Gasteiger partial charge in [-0.1, -0.05) is 30.3 Å². The Hall–Kier alpha value is -2.47. The average Bonchev–Trinajstić information content (AvgIpc) is 2.68. The van der Waals surface area contributed by atoms with Gasteiger partial charge in [0.15, 0.2) is 0 Å². The van der Waals surface area contributed by atoms with Gasteiger partial charge in [-0.3, -0.25) is 9.36 Å². The van der Waals surface area contributed by atoms with Crippen LogP contribution in [-0.2, 0) is 17.8 Å². The van der Waals surface area contributed by atoms with Crippen LogP contribution in [0.25, 0.3) is 0 Å². The van der Waals surface area contributed by atoms with Crippen molar-refractivity contribution in [2.24, 2.45) is 5.92 Å². The van der Waals surface area contributed by atoms with Crippen LogP contribution in [-0.4, -0.2) is 46.5 Å². The number of aromatic nitrogens is 2. The molecule has 1 aliphatic rings. The van der Waals surface area contributed by atoms with Crippen LogP contribution >= 0.6 is 0 Å². The summed E-state index contributed by atoms with van der Waals surface area (Å²) in [6, 6.07) is 12.2. The summed E-state index contributed by atoms with van der Waals surface area (Å²) in [5.74, 6) is 0.329. The molecule has 0 radical (unpaired) electrons. The molecule has 0 spiro atoms. The van der Waals surface area contributed by atoms with Gasteiger partial charge in [-0.25, -0.2) is 9.78 Å². The minimum absolute atomic E-state index is 0.0249. The van der Waals surface area contributed by atoms with Crippen LogP contribution in [0.15, 0.2) is 53.6 Å². The molecule has 1 fully saturated rings. The fourth-order valence-electron chi connectivity index (χ4n) is 3.43. The van der Waals surface area contributed by atoms with Crippen LogP contribution in [0.4, 0.5) is 0 Å². The third kappa shape index (κ3) is 5.52. The predicted molar refractivity (Wildman–Crippen MR) is 101 cm³/mol. The van der Waals surface area contributed by atoms with E-state index in [1.54, 1.807) is 12.3 Å². The lowest BCUT2D eigenvalue weighted by Gasteiger charge is -2.32. The van der Waals surface area contributed by atoms with Crippen molar-refractivity contribution in [2.45, 2.75) is 25.8 Å². The maximum absolute atomic E-state index is 12.1. The molecule has 1 N–H and O–H groups in total. The van der Waals surface area contributed by atoms with Gasteiger partial charge in [-0.2, -0.15) is 0 Å². The van der Waals surface area contributed by atoms with E-state index in [1.807, 2.05) is 6.07 Å². The second-order valence-electron chi connectivity index (χ2n) is 6.88. The first kappa shape index (κ1) is 18.3. The van der Waals surface area contributed by atoms with Gasteiger partial charge >= 0.3 is 5.69 Å². The maximum Gasteiger partial charge on any atom is 0.347 e. The molecule has 1 aliphatic heterocycles. The summed E-state index contributed by atoms with van der Waals surface area (Å²) >= 11 is 0. The quantitative estimate of drug-likeness (QED) is 0.814. The van der Waals surface area contributed by atoms with E-state index in [2.05, 4.69) is 39.5 Å². The normalized spacial score (nSPS) is 17.8. The van der Waals surface area contributed by atoms with Crippen molar-refractivity contribution >= 4 is 5.91 Å². The fraction of sp³-hybridized carbons (Fsp3) is 0.450. The Balaban J connectivity index is 1.41. The molecule has 0 saturated carbocycles. The summed E-state index contributed by atoms with van der Waals surface area (Å²) in [4.78, 5) is 29.8. The number of nitrogens with one attached hydrogen (secondary N) is 1. The van der Waals surface area contributed by atoms with E-state index in [0.29, 0.717) is 12.5 Å². The third-order valence-electron chi connectivity index (χ3n) is 4.85. The summed E-state index contributed by atoms with van der Waals surface area (Å²) < 4.78 is 1.32. The van der Waals surface area contributed by atoms with Gasteiger partial charge in [0.1, 0.15) is 6.54 Å². The number of carbonyl (C=O) groups excluding carboxylic acids is 1. The van der Waals surface area contributed by atoms with E-state index >= 15 is 0 Å². The van der Waals surface area contributed by atoms with Gasteiger partial charge in [0, 0.05) is 32.0 Å². The van der Waals surface area contributed by atoms with Gasteiger partial charge < -0.3 is 10.2 Å². The third-order valence-corrected chi connectivity index (χ3v) is 4.85. The lowest BCUT2D eigenvalue weighted by Crippen LogP contribution is -2.42. The number of benzene rings is 1. The van der Waals surface area contributed by atoms with Crippen LogP contribution in [0.2, 0.25) is 0 Å². The van der Waals surface area contributed by atoms with E-state index in [-0.39, 0.29) is 12.5 Å². The zero-order valence-electron chi connectivity index (χ0n) is 15.0. The van der Waals surface area contributed by atoms with Crippen molar-refractivity contribution < 1.29 is 4.79 Å². The first-order valence-electron chi connectivity index (χ1n) is 9.25. The number of likely N-dealkylation sites (tertiary alicyclic amines) is 1. The largest absolute Gasteiger partial charge is 0.354 e. The van der Waals surface area contributed by atoms with E-state index in [4.69, 9.17) is 0 Å². The number of carbonyl (C=O) groups is 1. The molecule has 1 aromatic carbocycles. The minimum Gasteiger partial charge on any atom is -0.354 e. The molecule has 6 nitrogen and oxygen atoms in total. The Morgan fingerprint density at radius 1 is 1.23 bits per heavy atom. The molecule has 1 amide bonds. The Labute approximate surface area is 153 Å². The average molecular weight is 354 g/mol. The van der Waals surface area contributed by atoms with Crippen molar-refractivity contribution in [3.63, 3.8) is 0 Å². The monoisotopic (exact) mass is 354 g/mol. The smallest absolute Gasteiger partial charge is 0.347 e. The Bertz CT molecular complexity index is 760. The van der Waals surface area contributed by atoms with Crippen molar-refractivity contribution in [2.75, 3.05) is 26.2 Å². The summed E-state index contributed by atoms with van der Waals surface area (Å²) in [7, 11) is 0. The van der Waals surface area contributed by atoms with Crippen LogP contribution in [0.3, 0.4) is 0 Å². The number of hydrogen-bond acceptors (Lipinski definition) is 4. The van der Waals surface area contributed by atoms with Gasteiger partial charge in [0.05, 0.1) is 0 Å². The van der Waals surface area contributed by atoms with Crippen molar-refractivity contribution in [1.29, 1.82) is 0 Å².